The van der Waals surface area contributed by atoms with Crippen molar-refractivity contribution in [2.45, 2.75) is 57.9 Å². The molecule has 0 aromatic carbocycles. The molecule has 0 heterocycles. The Labute approximate surface area is 153 Å². The average molecular weight is 359 g/mol. The molecule has 1 unspecified atom stereocenters. The van der Waals surface area contributed by atoms with Gasteiger partial charge in [-0.3, -0.25) is 14.4 Å². The number of hydrogen-bond acceptors (Lipinski definition) is 6. The van der Waals surface area contributed by atoms with Crippen LogP contribution >= 0.6 is 0 Å². The lowest BCUT2D eigenvalue weighted by atomic mass is 9.47. The van der Waals surface area contributed by atoms with Gasteiger partial charge in [-0.1, -0.05) is 0 Å². The minimum absolute atomic E-state index is 0.0482. The topological polar surface area (TPSA) is 120 Å². The molecule has 26 heavy (non-hydrogen) atoms. The zero-order chi connectivity index (χ0) is 19.1. The molecule has 0 saturated heterocycles. The Bertz CT molecular complexity index is 694. The fraction of sp³-hybridized carbons (Fsp3) is 0.737. The molecule has 4 saturated carbocycles. The van der Waals surface area contributed by atoms with E-state index >= 15 is 0 Å². The molecule has 4 fully saturated rings. The molecule has 0 radical (unpaired) electrons. The van der Waals surface area contributed by atoms with Crippen molar-refractivity contribution in [2.75, 3.05) is 6.61 Å². The van der Waals surface area contributed by atoms with Crippen molar-refractivity contribution in [2.24, 2.45) is 23.2 Å². The Morgan fingerprint density at radius 3 is 2.35 bits per heavy atom. The number of hydrogen-bond donors (Lipinski definition) is 2. The summed E-state index contributed by atoms with van der Waals surface area (Å²) in [6.07, 6.45) is 4.93. The molecule has 3 atom stereocenters. The van der Waals surface area contributed by atoms with Gasteiger partial charge in [0.1, 0.15) is 5.92 Å². The molecule has 4 bridgehead atoms. The van der Waals surface area contributed by atoms with E-state index in [1.54, 1.807) is 6.07 Å². The second kappa shape index (κ2) is 6.49. The van der Waals surface area contributed by atoms with E-state index < -0.39 is 29.7 Å². The van der Waals surface area contributed by atoms with Gasteiger partial charge in [-0.2, -0.15) is 5.26 Å². The monoisotopic (exact) mass is 359 g/mol. The van der Waals surface area contributed by atoms with Crippen LogP contribution < -0.4 is 5.32 Å². The molecule has 1 amide bonds. The number of rotatable bonds is 6. The van der Waals surface area contributed by atoms with Gasteiger partial charge >= 0.3 is 5.97 Å². The van der Waals surface area contributed by atoms with E-state index in [0.29, 0.717) is 18.3 Å². The number of nitrogens with one attached hydrogen (secondary N) is 2. The predicted octanol–water partition coefficient (Wildman–Crippen LogP) is 1.75. The van der Waals surface area contributed by atoms with Crippen LogP contribution in [0, 0.1) is 39.9 Å². The van der Waals surface area contributed by atoms with Crippen LogP contribution in [0.4, 0.5) is 0 Å². The Balaban J connectivity index is 1.71. The van der Waals surface area contributed by atoms with Gasteiger partial charge in [-0.05, 0) is 57.3 Å². The third kappa shape index (κ3) is 3.25. The van der Waals surface area contributed by atoms with Crippen LogP contribution in [0.5, 0.6) is 0 Å². The second-order valence-corrected chi connectivity index (χ2v) is 8.49. The summed E-state index contributed by atoms with van der Waals surface area (Å²) in [5.41, 5.74) is -1.03. The molecular formula is C19H25N3O4. The van der Waals surface area contributed by atoms with E-state index in [1.807, 2.05) is 0 Å². The highest BCUT2D eigenvalue weighted by molar-refractivity contribution is 6.06. The molecule has 0 aliphatic heterocycles. The zero-order valence-corrected chi connectivity index (χ0v) is 15.3. The summed E-state index contributed by atoms with van der Waals surface area (Å²) in [5.74, 6) is -1.42. The lowest BCUT2D eigenvalue weighted by Crippen LogP contribution is -2.64. The van der Waals surface area contributed by atoms with E-state index in [4.69, 9.17) is 15.4 Å². The number of amides is 1. The Hall–Kier alpha value is -2.23. The molecule has 7 heteroatoms. The minimum atomic E-state index is -1.16. The summed E-state index contributed by atoms with van der Waals surface area (Å²) in [6.45, 7) is 2.42. The van der Waals surface area contributed by atoms with Gasteiger partial charge in [0.15, 0.2) is 12.4 Å². The summed E-state index contributed by atoms with van der Waals surface area (Å²) < 4.78 is 5.32. The van der Waals surface area contributed by atoms with Gasteiger partial charge in [-0.15, -0.1) is 0 Å². The Morgan fingerprint density at radius 2 is 1.85 bits per heavy atom. The number of ketones is 1. The third-order valence-electron chi connectivity index (χ3n) is 6.16. The van der Waals surface area contributed by atoms with Gasteiger partial charge < -0.3 is 15.5 Å². The maximum atomic E-state index is 12.9. The zero-order valence-electron chi connectivity index (χ0n) is 15.3. The number of nitrogens with zero attached hydrogens (tertiary/aromatic N) is 1. The number of ether oxygens (including phenoxy) is 1. The van der Waals surface area contributed by atoms with Crippen molar-refractivity contribution < 1.29 is 19.1 Å². The van der Waals surface area contributed by atoms with Gasteiger partial charge in [0.2, 0.25) is 5.91 Å². The normalized spacial score (nSPS) is 35.3. The summed E-state index contributed by atoms with van der Waals surface area (Å²) in [6, 6.07) is 1.78. The Morgan fingerprint density at radius 1 is 1.23 bits per heavy atom. The number of carbonyl (C=O) groups is 3. The van der Waals surface area contributed by atoms with Crippen molar-refractivity contribution in [3.8, 4) is 6.07 Å². The van der Waals surface area contributed by atoms with Crippen LogP contribution in [0.15, 0.2) is 0 Å². The maximum Gasteiger partial charge on any atom is 0.312 e. The summed E-state index contributed by atoms with van der Waals surface area (Å²) >= 11 is 0. The highest BCUT2D eigenvalue weighted by atomic mass is 16.5. The van der Waals surface area contributed by atoms with E-state index in [9.17, 15) is 14.4 Å². The van der Waals surface area contributed by atoms with Gasteiger partial charge in [0.25, 0.3) is 0 Å². The molecule has 7 nitrogen and oxygen atoms in total. The first-order valence-corrected chi connectivity index (χ1v) is 9.12. The molecule has 0 aromatic rings. The maximum absolute atomic E-state index is 12.9. The van der Waals surface area contributed by atoms with Crippen molar-refractivity contribution in [3.63, 3.8) is 0 Å². The van der Waals surface area contributed by atoms with Crippen LogP contribution in [-0.4, -0.2) is 35.5 Å². The SMILES string of the molecule is CC(=N)C(C#N)C(=O)COC(=O)C12C[C@H]3C[C@@H](CC(NC(C)=O)(C3)C1)C2. The third-order valence-corrected chi connectivity index (χ3v) is 6.16. The van der Waals surface area contributed by atoms with Crippen molar-refractivity contribution >= 4 is 23.4 Å². The number of nitriles is 1. The molecule has 4 aliphatic carbocycles. The molecule has 0 aromatic heterocycles. The Kier molecular flexibility index (Phi) is 4.63. The first-order chi connectivity index (χ1) is 12.2. The molecular weight excluding hydrogens is 334 g/mol. The number of carbonyl (C=O) groups excluding carboxylic acids is 3. The van der Waals surface area contributed by atoms with E-state index in [-0.39, 0.29) is 17.2 Å². The summed E-state index contributed by atoms with van der Waals surface area (Å²) in [4.78, 5) is 36.6. The van der Waals surface area contributed by atoms with E-state index in [2.05, 4.69) is 5.32 Å². The largest absolute Gasteiger partial charge is 0.457 e. The fourth-order valence-corrected chi connectivity index (χ4v) is 5.80. The molecule has 4 aliphatic rings. The average Bonchev–Trinajstić information content (AvgIpc) is 2.50. The van der Waals surface area contributed by atoms with E-state index in [0.717, 1.165) is 32.1 Å². The molecule has 0 spiro atoms. The quantitative estimate of drug-likeness (QED) is 0.553. The van der Waals surface area contributed by atoms with Gasteiger partial charge in [0.05, 0.1) is 11.5 Å². The predicted molar refractivity (Wildman–Crippen MR) is 92.1 cm³/mol. The van der Waals surface area contributed by atoms with Gasteiger partial charge in [0, 0.05) is 18.2 Å². The van der Waals surface area contributed by atoms with Crippen LogP contribution in [0.2, 0.25) is 0 Å². The van der Waals surface area contributed by atoms with Crippen molar-refractivity contribution in [1.82, 2.24) is 5.32 Å². The molecule has 4 rings (SSSR count). The first kappa shape index (κ1) is 18.6. The minimum Gasteiger partial charge on any atom is -0.457 e. The first-order valence-electron chi connectivity index (χ1n) is 9.12. The van der Waals surface area contributed by atoms with Crippen LogP contribution in [-0.2, 0) is 19.1 Å². The fourth-order valence-electron chi connectivity index (χ4n) is 5.80. The standard InChI is InChI=1S/C19H25N3O4/c1-11(21)15(8-20)16(24)9-26-17(25)18-4-13-3-14(5-18)7-19(6-13,10-18)22-12(2)23/h13-15,21H,3-7,9-10H2,1-2H3,(H,22,23)/t13-,14-,15?,18?,19?/m1/s1. The lowest BCUT2D eigenvalue weighted by molar-refractivity contribution is -0.177. The number of Topliss-reactive ketones (excluding diaryl/α,β-unsaturated/α-hetero) is 1. The number of esters is 1. The van der Waals surface area contributed by atoms with Crippen molar-refractivity contribution in [3.05, 3.63) is 0 Å². The van der Waals surface area contributed by atoms with E-state index in [1.165, 1.54) is 13.8 Å². The van der Waals surface area contributed by atoms with Crippen LogP contribution in [0.1, 0.15) is 52.4 Å². The smallest absolute Gasteiger partial charge is 0.312 e. The molecule has 2 N–H and O–H groups in total. The van der Waals surface area contributed by atoms with Crippen molar-refractivity contribution in [1.29, 1.82) is 10.7 Å². The second-order valence-electron chi connectivity index (χ2n) is 8.49. The van der Waals surface area contributed by atoms with Gasteiger partial charge in [-0.25, -0.2) is 0 Å². The highest BCUT2D eigenvalue weighted by Gasteiger charge is 2.61. The molecule has 140 valence electrons. The van der Waals surface area contributed by atoms with Crippen LogP contribution in [0.3, 0.4) is 0 Å². The summed E-state index contributed by atoms with van der Waals surface area (Å²) in [5, 5.41) is 19.5. The lowest BCUT2D eigenvalue weighted by Gasteiger charge is -2.60. The van der Waals surface area contributed by atoms with Crippen LogP contribution in [0.25, 0.3) is 0 Å². The highest BCUT2D eigenvalue weighted by Crippen LogP contribution is 2.62. The summed E-state index contributed by atoms with van der Waals surface area (Å²) in [7, 11) is 0.